The van der Waals surface area contributed by atoms with Gasteiger partial charge in [0.2, 0.25) is 5.91 Å². The quantitative estimate of drug-likeness (QED) is 0.726. The van der Waals surface area contributed by atoms with Crippen molar-refractivity contribution in [1.29, 1.82) is 0 Å². The highest BCUT2D eigenvalue weighted by atomic mass is 19.1. The predicted molar refractivity (Wildman–Crippen MR) is 110 cm³/mol. The molecule has 0 N–H and O–H groups in total. The second-order valence-electron chi connectivity index (χ2n) is 9.56. The molecule has 1 atom stereocenters. The van der Waals surface area contributed by atoms with Gasteiger partial charge < -0.3 is 14.5 Å². The van der Waals surface area contributed by atoms with E-state index in [0.29, 0.717) is 38.9 Å². The monoisotopic (exact) mass is 404 g/mol. The summed E-state index contributed by atoms with van der Waals surface area (Å²) in [4.78, 5) is 29.3. The fraction of sp³-hybridized carbons (Fsp3) is 0.652. The van der Waals surface area contributed by atoms with Crippen LogP contribution in [0, 0.1) is 17.7 Å². The summed E-state index contributed by atoms with van der Waals surface area (Å²) in [6.45, 7) is 11.5. The van der Waals surface area contributed by atoms with Crippen molar-refractivity contribution < 1.29 is 18.7 Å². The van der Waals surface area contributed by atoms with Crippen LogP contribution in [0.5, 0.6) is 0 Å². The van der Waals surface area contributed by atoms with Crippen LogP contribution in [-0.2, 0) is 16.0 Å². The first kappa shape index (κ1) is 21.6. The van der Waals surface area contributed by atoms with Gasteiger partial charge in [0.15, 0.2) is 0 Å². The zero-order valence-electron chi connectivity index (χ0n) is 18.2. The van der Waals surface area contributed by atoms with Gasteiger partial charge in [0, 0.05) is 25.6 Å². The number of rotatable bonds is 2. The van der Waals surface area contributed by atoms with Crippen molar-refractivity contribution in [2.45, 2.75) is 65.5 Å². The maximum atomic E-state index is 13.7. The van der Waals surface area contributed by atoms with E-state index in [4.69, 9.17) is 4.74 Å². The highest BCUT2D eigenvalue weighted by molar-refractivity contribution is 5.80. The predicted octanol–water partition coefficient (Wildman–Crippen LogP) is 4.55. The SMILES string of the molecule is CC(C)C1c2ccc(F)cc2CCN1C(=O)C1CCN(C(=O)OC(C)(C)C)CC1. The minimum atomic E-state index is -0.519. The van der Waals surface area contributed by atoms with Crippen molar-refractivity contribution in [2.75, 3.05) is 19.6 Å². The highest BCUT2D eigenvalue weighted by Crippen LogP contribution is 2.37. The molecule has 1 aromatic carbocycles. The molecule has 1 aromatic rings. The van der Waals surface area contributed by atoms with Crippen LogP contribution in [0.4, 0.5) is 9.18 Å². The van der Waals surface area contributed by atoms with Gasteiger partial charge >= 0.3 is 6.09 Å². The van der Waals surface area contributed by atoms with E-state index in [2.05, 4.69) is 13.8 Å². The Morgan fingerprint density at radius 3 is 2.38 bits per heavy atom. The number of hydrogen-bond acceptors (Lipinski definition) is 3. The van der Waals surface area contributed by atoms with Crippen LogP contribution in [-0.4, -0.2) is 47.0 Å². The summed E-state index contributed by atoms with van der Waals surface area (Å²) in [7, 11) is 0. The first-order valence-electron chi connectivity index (χ1n) is 10.6. The lowest BCUT2D eigenvalue weighted by Gasteiger charge is -2.42. The highest BCUT2D eigenvalue weighted by Gasteiger charge is 2.38. The van der Waals surface area contributed by atoms with E-state index >= 15 is 0 Å². The normalized spacial score (nSPS) is 20.6. The Balaban J connectivity index is 1.68. The van der Waals surface area contributed by atoms with Gasteiger partial charge in [-0.05, 0) is 69.2 Å². The zero-order chi connectivity index (χ0) is 21.3. The van der Waals surface area contributed by atoms with Gasteiger partial charge in [0.25, 0.3) is 0 Å². The van der Waals surface area contributed by atoms with Gasteiger partial charge in [-0.1, -0.05) is 19.9 Å². The van der Waals surface area contributed by atoms with E-state index in [1.54, 1.807) is 11.0 Å². The fourth-order valence-corrected chi connectivity index (χ4v) is 4.46. The Labute approximate surface area is 173 Å². The first-order valence-corrected chi connectivity index (χ1v) is 10.6. The average Bonchev–Trinajstić information content (AvgIpc) is 2.65. The smallest absolute Gasteiger partial charge is 0.410 e. The van der Waals surface area contributed by atoms with Crippen molar-refractivity contribution >= 4 is 12.0 Å². The molecule has 2 aliphatic heterocycles. The molecule has 0 spiro atoms. The van der Waals surface area contributed by atoms with Gasteiger partial charge in [0.05, 0.1) is 6.04 Å². The molecule has 3 rings (SSSR count). The third kappa shape index (κ3) is 4.90. The molecule has 1 saturated heterocycles. The number of nitrogens with zero attached hydrogens (tertiary/aromatic N) is 2. The summed E-state index contributed by atoms with van der Waals surface area (Å²) in [5.74, 6) is 0.0882. The molecule has 29 heavy (non-hydrogen) atoms. The number of benzene rings is 1. The molecule has 0 radical (unpaired) electrons. The Morgan fingerprint density at radius 2 is 1.79 bits per heavy atom. The topological polar surface area (TPSA) is 49.9 Å². The minimum Gasteiger partial charge on any atom is -0.444 e. The number of hydrogen-bond donors (Lipinski definition) is 0. The molecule has 0 saturated carbocycles. The lowest BCUT2D eigenvalue weighted by atomic mass is 9.84. The molecule has 6 heteroatoms. The van der Waals surface area contributed by atoms with Crippen LogP contribution in [0.3, 0.4) is 0 Å². The maximum absolute atomic E-state index is 13.7. The Bertz CT molecular complexity index is 764. The van der Waals surface area contributed by atoms with E-state index in [-0.39, 0.29) is 35.7 Å². The van der Waals surface area contributed by atoms with Gasteiger partial charge in [-0.3, -0.25) is 4.79 Å². The molecule has 5 nitrogen and oxygen atoms in total. The van der Waals surface area contributed by atoms with Crippen molar-refractivity contribution in [1.82, 2.24) is 9.80 Å². The van der Waals surface area contributed by atoms with Gasteiger partial charge in [-0.2, -0.15) is 0 Å². The molecular formula is C23H33FN2O3. The van der Waals surface area contributed by atoms with Crippen molar-refractivity contribution in [3.8, 4) is 0 Å². The average molecular weight is 405 g/mol. The van der Waals surface area contributed by atoms with E-state index < -0.39 is 5.60 Å². The molecular weight excluding hydrogens is 371 g/mol. The van der Waals surface area contributed by atoms with Crippen molar-refractivity contribution in [3.63, 3.8) is 0 Å². The van der Waals surface area contributed by atoms with Crippen molar-refractivity contribution in [3.05, 3.63) is 35.1 Å². The zero-order valence-corrected chi connectivity index (χ0v) is 18.2. The maximum Gasteiger partial charge on any atom is 0.410 e. The lowest BCUT2D eigenvalue weighted by molar-refractivity contribution is -0.141. The Morgan fingerprint density at radius 1 is 1.14 bits per heavy atom. The van der Waals surface area contributed by atoms with Crippen LogP contribution < -0.4 is 0 Å². The third-order valence-electron chi connectivity index (χ3n) is 5.79. The summed E-state index contributed by atoms with van der Waals surface area (Å²) in [5, 5.41) is 0. The number of amides is 2. The van der Waals surface area contributed by atoms with Crippen LogP contribution >= 0.6 is 0 Å². The number of carbonyl (C=O) groups is 2. The van der Waals surface area contributed by atoms with Gasteiger partial charge in [0.1, 0.15) is 11.4 Å². The van der Waals surface area contributed by atoms with E-state index in [9.17, 15) is 14.0 Å². The molecule has 160 valence electrons. The molecule has 0 aromatic heterocycles. The summed E-state index contributed by atoms with van der Waals surface area (Å²) < 4.78 is 19.1. The first-order chi connectivity index (χ1) is 13.6. The number of carbonyl (C=O) groups excluding carboxylic acids is 2. The third-order valence-corrected chi connectivity index (χ3v) is 5.79. The number of ether oxygens (including phenoxy) is 1. The second-order valence-corrected chi connectivity index (χ2v) is 9.56. The molecule has 2 heterocycles. The standard InChI is InChI=1S/C23H33FN2O3/c1-15(2)20-19-7-6-18(24)14-17(19)10-13-26(20)21(27)16-8-11-25(12-9-16)22(28)29-23(3,4)5/h6-7,14-16,20H,8-13H2,1-5H3. The molecule has 2 aliphatic rings. The molecule has 0 bridgehead atoms. The van der Waals surface area contributed by atoms with E-state index in [0.717, 1.165) is 11.1 Å². The van der Waals surface area contributed by atoms with Crippen LogP contribution in [0.1, 0.15) is 64.6 Å². The Kier molecular flexibility index (Phi) is 6.20. The molecule has 2 amide bonds. The van der Waals surface area contributed by atoms with Gasteiger partial charge in [-0.15, -0.1) is 0 Å². The minimum absolute atomic E-state index is 0.0317. The van der Waals surface area contributed by atoms with Crippen LogP contribution in [0.2, 0.25) is 0 Å². The number of fused-ring (bicyclic) bond motifs is 1. The molecule has 0 aliphatic carbocycles. The van der Waals surface area contributed by atoms with Gasteiger partial charge in [-0.25, -0.2) is 9.18 Å². The summed E-state index contributed by atoms with van der Waals surface area (Å²) in [6, 6.07) is 4.89. The molecule has 1 unspecified atom stereocenters. The fourth-order valence-electron chi connectivity index (χ4n) is 4.46. The van der Waals surface area contributed by atoms with Crippen LogP contribution in [0.25, 0.3) is 0 Å². The van der Waals surface area contributed by atoms with Crippen molar-refractivity contribution in [2.24, 2.45) is 11.8 Å². The number of piperidine rings is 1. The summed E-state index contributed by atoms with van der Waals surface area (Å²) in [6.07, 6.45) is 1.67. The number of halogens is 1. The van der Waals surface area contributed by atoms with E-state index in [1.807, 2.05) is 31.7 Å². The largest absolute Gasteiger partial charge is 0.444 e. The number of likely N-dealkylation sites (tertiary alicyclic amines) is 1. The summed E-state index contributed by atoms with van der Waals surface area (Å²) in [5.41, 5.74) is 1.55. The van der Waals surface area contributed by atoms with E-state index in [1.165, 1.54) is 6.07 Å². The Hall–Kier alpha value is -2.11. The molecule has 1 fully saturated rings. The van der Waals surface area contributed by atoms with Crippen LogP contribution in [0.15, 0.2) is 18.2 Å². The second kappa shape index (κ2) is 8.33. The summed E-state index contributed by atoms with van der Waals surface area (Å²) >= 11 is 0. The lowest BCUT2D eigenvalue weighted by Crippen LogP contribution is -2.49.